The van der Waals surface area contributed by atoms with Crippen molar-refractivity contribution in [2.75, 3.05) is 31.3 Å². The minimum Gasteiger partial charge on any atom is -0.383 e. The average Bonchev–Trinajstić information content (AvgIpc) is 3.17. The number of rotatable bonds is 8. The second-order valence-electron chi connectivity index (χ2n) is 3.94. The van der Waals surface area contributed by atoms with Gasteiger partial charge >= 0.3 is 0 Å². The van der Waals surface area contributed by atoms with Crippen LogP contribution in [-0.4, -0.2) is 48.0 Å². The van der Waals surface area contributed by atoms with E-state index < -0.39 is 0 Å². The summed E-state index contributed by atoms with van der Waals surface area (Å²) in [6, 6.07) is 3.43. The van der Waals surface area contributed by atoms with Gasteiger partial charge in [-0.05, 0) is 11.4 Å². The topological polar surface area (TPSA) is 93.2 Å². The molecule has 0 aliphatic carbocycles. The van der Waals surface area contributed by atoms with Gasteiger partial charge < -0.3 is 10.1 Å². The van der Waals surface area contributed by atoms with E-state index in [4.69, 9.17) is 4.74 Å². The average molecular weight is 358 g/mol. The van der Waals surface area contributed by atoms with Crippen molar-refractivity contribution in [1.29, 1.82) is 0 Å². The van der Waals surface area contributed by atoms with Gasteiger partial charge in [0, 0.05) is 13.7 Å². The molecular weight excluding hydrogens is 344 g/mol. The van der Waals surface area contributed by atoms with Gasteiger partial charge in [0.1, 0.15) is 0 Å². The Hall–Kier alpha value is -1.49. The number of methoxy groups -OCH3 is 1. The number of thiophene rings is 1. The smallest absolute Gasteiger partial charge is 0.267 e. The molecule has 2 aromatic heterocycles. The number of hydrogen-bond donors (Lipinski definition) is 2. The van der Waals surface area contributed by atoms with Crippen LogP contribution in [0.5, 0.6) is 0 Å². The van der Waals surface area contributed by atoms with Gasteiger partial charge in [-0.3, -0.25) is 14.9 Å². The zero-order chi connectivity index (χ0) is 15.8. The maximum Gasteiger partial charge on any atom is 0.267 e. The fraction of sp³-hybridized carbons (Fsp3) is 0.333. The number of hydrogen-bond acceptors (Lipinski definition) is 9. The number of thioether (sulfide) groups is 1. The molecule has 0 bridgehead atoms. The zero-order valence-corrected chi connectivity index (χ0v) is 14.1. The van der Waals surface area contributed by atoms with E-state index in [0.29, 0.717) is 27.5 Å². The Morgan fingerprint density at radius 1 is 1.41 bits per heavy atom. The normalized spacial score (nSPS) is 10.4. The zero-order valence-electron chi connectivity index (χ0n) is 11.7. The standard InChI is InChI=1S/C12H14N4O3S3/c1-19-5-4-13-11-15-16-12(22-11)21-7-9(17)14-10(18)8-3-2-6-20-8/h2-3,6H,4-5,7H2,1H3,(H,13,15)(H,14,17,18). The third-order valence-electron chi connectivity index (χ3n) is 2.31. The molecule has 2 heterocycles. The molecule has 0 atom stereocenters. The Labute approximate surface area is 139 Å². The van der Waals surface area contributed by atoms with Gasteiger partial charge in [-0.2, -0.15) is 0 Å². The summed E-state index contributed by atoms with van der Waals surface area (Å²) in [5.74, 6) is -0.614. The summed E-state index contributed by atoms with van der Waals surface area (Å²) in [6.07, 6.45) is 0. The fourth-order valence-electron chi connectivity index (χ4n) is 1.36. The number of aromatic nitrogens is 2. The maximum absolute atomic E-state index is 11.7. The molecular formula is C12H14N4O3S3. The largest absolute Gasteiger partial charge is 0.383 e. The van der Waals surface area contributed by atoms with Crippen LogP contribution in [0, 0.1) is 0 Å². The van der Waals surface area contributed by atoms with Crippen molar-refractivity contribution in [2.24, 2.45) is 0 Å². The molecule has 2 N–H and O–H groups in total. The number of carbonyl (C=O) groups is 2. The van der Waals surface area contributed by atoms with Crippen LogP contribution in [0.2, 0.25) is 0 Å². The fourth-order valence-corrected chi connectivity index (χ4v) is 3.56. The molecule has 7 nitrogen and oxygen atoms in total. The van der Waals surface area contributed by atoms with Crippen LogP contribution in [0.15, 0.2) is 21.9 Å². The minimum atomic E-state index is -0.375. The number of imide groups is 1. The highest BCUT2D eigenvalue weighted by atomic mass is 32.2. The van der Waals surface area contributed by atoms with Crippen LogP contribution in [0.1, 0.15) is 9.67 Å². The Morgan fingerprint density at radius 2 is 2.27 bits per heavy atom. The highest BCUT2D eigenvalue weighted by Crippen LogP contribution is 2.25. The summed E-state index contributed by atoms with van der Waals surface area (Å²) in [5.41, 5.74) is 0. The number of nitrogens with zero attached hydrogens (tertiary/aromatic N) is 2. The van der Waals surface area contributed by atoms with Crippen molar-refractivity contribution in [2.45, 2.75) is 4.34 Å². The van der Waals surface area contributed by atoms with Gasteiger partial charge in [0.25, 0.3) is 5.91 Å². The molecule has 0 fully saturated rings. The minimum absolute atomic E-state index is 0.115. The maximum atomic E-state index is 11.7. The van der Waals surface area contributed by atoms with E-state index in [9.17, 15) is 9.59 Å². The second-order valence-corrected chi connectivity index (χ2v) is 7.08. The van der Waals surface area contributed by atoms with Gasteiger partial charge in [0.2, 0.25) is 11.0 Å². The molecule has 2 rings (SSSR count). The lowest BCUT2D eigenvalue weighted by Crippen LogP contribution is -2.31. The van der Waals surface area contributed by atoms with Crippen molar-refractivity contribution in [3.8, 4) is 0 Å². The molecule has 0 radical (unpaired) electrons. The van der Waals surface area contributed by atoms with Crippen molar-refractivity contribution in [1.82, 2.24) is 15.5 Å². The molecule has 0 saturated heterocycles. The first-order valence-electron chi connectivity index (χ1n) is 6.26. The summed E-state index contributed by atoms with van der Waals surface area (Å²) in [7, 11) is 1.62. The van der Waals surface area contributed by atoms with Gasteiger partial charge in [-0.15, -0.1) is 21.5 Å². The molecule has 10 heteroatoms. The number of nitrogens with one attached hydrogen (secondary N) is 2. The quantitative estimate of drug-likeness (QED) is 0.548. The molecule has 118 valence electrons. The van der Waals surface area contributed by atoms with Crippen molar-refractivity contribution < 1.29 is 14.3 Å². The van der Waals surface area contributed by atoms with Crippen LogP contribution in [0.25, 0.3) is 0 Å². The number of anilines is 1. The first kappa shape index (κ1) is 16.9. The van der Waals surface area contributed by atoms with Crippen LogP contribution >= 0.6 is 34.4 Å². The highest BCUT2D eigenvalue weighted by molar-refractivity contribution is 8.01. The number of amides is 2. The summed E-state index contributed by atoms with van der Waals surface area (Å²) in [5, 5.41) is 15.8. The van der Waals surface area contributed by atoms with Crippen LogP contribution < -0.4 is 10.6 Å². The Balaban J connectivity index is 1.73. The number of carbonyl (C=O) groups excluding carboxylic acids is 2. The van der Waals surface area contributed by atoms with Crippen LogP contribution in [0.3, 0.4) is 0 Å². The van der Waals surface area contributed by atoms with Crippen molar-refractivity contribution in [3.05, 3.63) is 22.4 Å². The van der Waals surface area contributed by atoms with Crippen LogP contribution in [-0.2, 0) is 9.53 Å². The van der Waals surface area contributed by atoms with Crippen molar-refractivity contribution in [3.63, 3.8) is 0 Å². The third-order valence-corrected chi connectivity index (χ3v) is 5.20. The van der Waals surface area contributed by atoms with E-state index in [0.717, 1.165) is 0 Å². The molecule has 0 aliphatic rings. The molecule has 0 spiro atoms. The predicted octanol–water partition coefficient (Wildman–Crippen LogP) is 1.71. The molecule has 2 amide bonds. The number of ether oxygens (including phenoxy) is 1. The highest BCUT2D eigenvalue weighted by Gasteiger charge is 2.12. The Bertz CT molecular complexity index is 615. The molecule has 0 saturated carbocycles. The molecule has 0 unspecified atom stereocenters. The van der Waals surface area contributed by atoms with E-state index in [1.807, 2.05) is 0 Å². The lowest BCUT2D eigenvalue weighted by Gasteiger charge is -2.00. The van der Waals surface area contributed by atoms with Crippen LogP contribution in [0.4, 0.5) is 5.13 Å². The SMILES string of the molecule is COCCNc1nnc(SCC(=O)NC(=O)c2cccs2)s1. The summed E-state index contributed by atoms with van der Waals surface area (Å²) < 4.78 is 5.59. The second kappa shape index (κ2) is 8.83. The molecule has 0 aliphatic heterocycles. The van der Waals surface area contributed by atoms with Gasteiger partial charge in [0.05, 0.1) is 17.2 Å². The Kier molecular flexibility index (Phi) is 6.77. The molecule has 22 heavy (non-hydrogen) atoms. The lowest BCUT2D eigenvalue weighted by atomic mass is 10.4. The van der Waals surface area contributed by atoms with Gasteiger partial charge in [0.15, 0.2) is 4.34 Å². The monoisotopic (exact) mass is 358 g/mol. The first-order chi connectivity index (χ1) is 10.7. The van der Waals surface area contributed by atoms with E-state index in [1.165, 1.54) is 34.4 Å². The Morgan fingerprint density at radius 3 is 3.00 bits per heavy atom. The van der Waals surface area contributed by atoms with Crippen molar-refractivity contribution >= 4 is 51.4 Å². The lowest BCUT2D eigenvalue weighted by molar-refractivity contribution is -0.117. The third kappa shape index (κ3) is 5.37. The van der Waals surface area contributed by atoms with Gasteiger partial charge in [-0.25, -0.2) is 0 Å². The first-order valence-corrected chi connectivity index (χ1v) is 8.94. The summed E-state index contributed by atoms with van der Waals surface area (Å²) >= 11 is 3.88. The van der Waals surface area contributed by atoms with E-state index in [-0.39, 0.29) is 17.6 Å². The predicted molar refractivity (Wildman–Crippen MR) is 87.8 cm³/mol. The summed E-state index contributed by atoms with van der Waals surface area (Å²) in [4.78, 5) is 23.9. The van der Waals surface area contributed by atoms with E-state index in [2.05, 4.69) is 20.8 Å². The molecule has 2 aromatic rings. The van der Waals surface area contributed by atoms with Gasteiger partial charge in [-0.1, -0.05) is 29.2 Å². The summed E-state index contributed by atoms with van der Waals surface area (Å²) in [6.45, 7) is 1.22. The molecule has 0 aromatic carbocycles. The van der Waals surface area contributed by atoms with E-state index >= 15 is 0 Å². The van der Waals surface area contributed by atoms with E-state index in [1.54, 1.807) is 24.6 Å².